The van der Waals surface area contributed by atoms with Crippen LogP contribution in [0.15, 0.2) is 42.6 Å². The number of rotatable bonds is 6. The Bertz CT molecular complexity index is 973. The van der Waals surface area contributed by atoms with Crippen LogP contribution in [0.4, 0.5) is 5.69 Å². The van der Waals surface area contributed by atoms with E-state index >= 15 is 0 Å². The van der Waals surface area contributed by atoms with E-state index in [-0.39, 0.29) is 25.0 Å². The molecule has 1 atom stereocenters. The zero-order chi connectivity index (χ0) is 21.0. The summed E-state index contributed by atoms with van der Waals surface area (Å²) in [5.41, 5.74) is 0.303. The highest BCUT2D eigenvalue weighted by Crippen LogP contribution is 2.35. The second kappa shape index (κ2) is 8.23. The molecule has 0 radical (unpaired) electrons. The highest BCUT2D eigenvalue weighted by atomic mass is 16.5. The van der Waals surface area contributed by atoms with Crippen molar-refractivity contribution in [2.24, 2.45) is 0 Å². The molecule has 1 aromatic carbocycles. The van der Waals surface area contributed by atoms with Crippen molar-refractivity contribution in [1.29, 1.82) is 0 Å². The molecular formula is C22H22N2O5. The highest BCUT2D eigenvalue weighted by Gasteiger charge is 2.41. The van der Waals surface area contributed by atoms with Crippen LogP contribution in [0, 0.1) is 11.8 Å². The molecule has 0 saturated carbocycles. The molecule has 7 heteroatoms. The second-order valence-electron chi connectivity index (χ2n) is 7.06. The number of pyridine rings is 1. The fourth-order valence-corrected chi connectivity index (χ4v) is 3.05. The van der Waals surface area contributed by atoms with Crippen molar-refractivity contribution in [1.82, 2.24) is 4.98 Å². The molecular weight excluding hydrogens is 372 g/mol. The molecule has 0 saturated heterocycles. The zero-order valence-electron chi connectivity index (χ0n) is 16.5. The minimum Gasteiger partial charge on any atom is -0.481 e. The number of aromatic nitrogens is 1. The van der Waals surface area contributed by atoms with Gasteiger partial charge in [0.2, 0.25) is 5.88 Å². The molecule has 29 heavy (non-hydrogen) atoms. The van der Waals surface area contributed by atoms with E-state index in [0.717, 1.165) is 5.56 Å². The number of carbonyl (C=O) groups excluding carboxylic acids is 1. The predicted molar refractivity (Wildman–Crippen MR) is 107 cm³/mol. The summed E-state index contributed by atoms with van der Waals surface area (Å²) in [7, 11) is 0. The van der Waals surface area contributed by atoms with Gasteiger partial charge in [-0.05, 0) is 50.6 Å². The van der Waals surface area contributed by atoms with Gasteiger partial charge in [0.15, 0.2) is 12.3 Å². The molecule has 0 spiro atoms. The number of carboxylic acid groups (broad SMARTS) is 1. The van der Waals surface area contributed by atoms with E-state index in [0.29, 0.717) is 17.3 Å². The molecule has 0 fully saturated rings. The summed E-state index contributed by atoms with van der Waals surface area (Å²) >= 11 is 0. The minimum atomic E-state index is -1.04. The van der Waals surface area contributed by atoms with Gasteiger partial charge in [0, 0.05) is 6.20 Å². The first-order valence-corrected chi connectivity index (χ1v) is 9.14. The first-order chi connectivity index (χ1) is 13.8. The summed E-state index contributed by atoms with van der Waals surface area (Å²) in [6, 6.07) is 10.5. The zero-order valence-corrected chi connectivity index (χ0v) is 16.5. The van der Waals surface area contributed by atoms with E-state index in [2.05, 4.69) is 16.8 Å². The van der Waals surface area contributed by atoms with Crippen molar-refractivity contribution < 1.29 is 24.2 Å². The molecule has 150 valence electrons. The predicted octanol–water partition coefficient (Wildman–Crippen LogP) is 3.20. The Morgan fingerprint density at radius 1 is 1.31 bits per heavy atom. The molecule has 0 aliphatic carbocycles. The lowest BCUT2D eigenvalue weighted by Gasteiger charge is -2.37. The number of amides is 1. The van der Waals surface area contributed by atoms with Crippen LogP contribution < -0.4 is 14.4 Å². The molecule has 1 aromatic heterocycles. The Morgan fingerprint density at radius 3 is 2.69 bits per heavy atom. The van der Waals surface area contributed by atoms with Crippen LogP contribution in [0.25, 0.3) is 0 Å². The maximum Gasteiger partial charge on any atom is 0.304 e. The van der Waals surface area contributed by atoms with Gasteiger partial charge in [-0.1, -0.05) is 18.1 Å². The van der Waals surface area contributed by atoms with Crippen LogP contribution in [0.1, 0.15) is 38.7 Å². The third-order valence-electron chi connectivity index (χ3n) is 4.49. The van der Waals surface area contributed by atoms with Crippen molar-refractivity contribution >= 4 is 17.6 Å². The Labute approximate surface area is 169 Å². The number of anilines is 1. The topological polar surface area (TPSA) is 89.0 Å². The molecule has 2 aromatic rings. The number of ether oxygens (including phenoxy) is 2. The highest BCUT2D eigenvalue weighted by molar-refractivity contribution is 6.01. The molecule has 1 N–H and O–H groups in total. The number of carboxylic acids is 1. The largest absolute Gasteiger partial charge is 0.481 e. The van der Waals surface area contributed by atoms with E-state index in [1.54, 1.807) is 63.4 Å². The van der Waals surface area contributed by atoms with Crippen LogP contribution >= 0.6 is 0 Å². The van der Waals surface area contributed by atoms with Crippen molar-refractivity contribution in [3.8, 4) is 23.5 Å². The minimum absolute atomic E-state index is 0.00299. The quantitative estimate of drug-likeness (QED) is 0.757. The summed E-state index contributed by atoms with van der Waals surface area (Å²) in [6.07, 6.45) is 1.54. The van der Waals surface area contributed by atoms with Crippen LogP contribution in [-0.4, -0.2) is 34.3 Å². The molecule has 0 bridgehead atoms. The molecule has 1 unspecified atom stereocenters. The molecule has 1 aliphatic rings. The number of aliphatic carboxylic acids is 1. The Morgan fingerprint density at radius 2 is 2.03 bits per heavy atom. The van der Waals surface area contributed by atoms with Crippen LogP contribution in [0.2, 0.25) is 0 Å². The Kier molecular flexibility index (Phi) is 5.74. The number of fused-ring (bicyclic) bond motifs is 1. The second-order valence-corrected chi connectivity index (χ2v) is 7.06. The average molecular weight is 394 g/mol. The lowest BCUT2D eigenvalue weighted by Crippen LogP contribution is -2.53. The van der Waals surface area contributed by atoms with E-state index in [1.807, 2.05) is 0 Å². The van der Waals surface area contributed by atoms with Gasteiger partial charge < -0.3 is 14.6 Å². The first-order valence-electron chi connectivity index (χ1n) is 9.14. The summed E-state index contributed by atoms with van der Waals surface area (Å²) in [5.74, 6) is 5.10. The number of hydrogen-bond acceptors (Lipinski definition) is 5. The van der Waals surface area contributed by atoms with Gasteiger partial charge in [0.25, 0.3) is 5.91 Å². The number of nitrogens with zero attached hydrogens (tertiary/aromatic N) is 2. The maximum absolute atomic E-state index is 12.8. The SMILES string of the molecule is CC#CC(CC(=O)O)c1ccc(OCN2C(=O)C(C)(C)Oc3ncccc32)cc1. The third-order valence-corrected chi connectivity index (χ3v) is 4.49. The normalized spacial score (nSPS) is 15.4. The molecule has 2 heterocycles. The van der Waals surface area contributed by atoms with Crippen LogP contribution in [0.3, 0.4) is 0 Å². The van der Waals surface area contributed by atoms with Gasteiger partial charge in [0.05, 0.1) is 12.3 Å². The summed E-state index contributed by atoms with van der Waals surface area (Å²) in [4.78, 5) is 29.5. The fourth-order valence-electron chi connectivity index (χ4n) is 3.05. The molecule has 1 amide bonds. The van der Waals surface area contributed by atoms with Gasteiger partial charge in [-0.2, -0.15) is 0 Å². The van der Waals surface area contributed by atoms with Crippen LogP contribution in [-0.2, 0) is 9.59 Å². The summed E-state index contributed by atoms with van der Waals surface area (Å²) in [6.45, 7) is 5.05. The molecule has 3 rings (SSSR count). The third kappa shape index (κ3) is 4.49. The standard InChI is InChI=1S/C22H22N2O5/c1-4-6-16(13-19(25)26)15-8-10-17(11-9-15)28-14-24-18-7-5-12-23-20(18)29-22(2,3)21(24)27/h5,7-12,16H,13-14H2,1-3H3,(H,25,26). The Hall–Kier alpha value is -3.53. The van der Waals surface area contributed by atoms with Crippen molar-refractivity contribution in [2.45, 2.75) is 38.7 Å². The van der Waals surface area contributed by atoms with E-state index in [9.17, 15) is 9.59 Å². The van der Waals surface area contributed by atoms with Crippen molar-refractivity contribution in [3.05, 3.63) is 48.2 Å². The Balaban J connectivity index is 1.75. The fraction of sp³-hybridized carbons (Fsp3) is 0.318. The smallest absolute Gasteiger partial charge is 0.304 e. The van der Waals surface area contributed by atoms with Gasteiger partial charge in [-0.15, -0.1) is 5.92 Å². The van der Waals surface area contributed by atoms with E-state index in [1.165, 1.54) is 4.90 Å². The van der Waals surface area contributed by atoms with Gasteiger partial charge >= 0.3 is 5.97 Å². The summed E-state index contributed by atoms with van der Waals surface area (Å²) in [5, 5.41) is 9.06. The van der Waals surface area contributed by atoms with Gasteiger partial charge in [0.1, 0.15) is 11.4 Å². The molecule has 7 nitrogen and oxygen atoms in total. The van der Waals surface area contributed by atoms with Gasteiger partial charge in [-0.25, -0.2) is 4.98 Å². The average Bonchev–Trinajstić information content (AvgIpc) is 2.68. The number of benzene rings is 1. The number of carbonyl (C=O) groups is 2. The van der Waals surface area contributed by atoms with Crippen molar-refractivity contribution in [2.75, 3.05) is 11.6 Å². The van der Waals surface area contributed by atoms with E-state index in [4.69, 9.17) is 14.6 Å². The van der Waals surface area contributed by atoms with E-state index < -0.39 is 11.6 Å². The lowest BCUT2D eigenvalue weighted by molar-refractivity contribution is -0.137. The molecule has 1 aliphatic heterocycles. The van der Waals surface area contributed by atoms with Crippen molar-refractivity contribution in [3.63, 3.8) is 0 Å². The number of hydrogen-bond donors (Lipinski definition) is 1. The monoisotopic (exact) mass is 394 g/mol. The lowest BCUT2D eigenvalue weighted by atomic mass is 9.96. The maximum atomic E-state index is 12.8. The van der Waals surface area contributed by atoms with Crippen LogP contribution in [0.5, 0.6) is 11.6 Å². The summed E-state index contributed by atoms with van der Waals surface area (Å²) < 4.78 is 11.5. The van der Waals surface area contributed by atoms with Gasteiger partial charge in [-0.3, -0.25) is 14.5 Å². The first kappa shape index (κ1) is 20.2.